The molecule has 1 aliphatic heterocycles. The van der Waals surface area contributed by atoms with Crippen molar-refractivity contribution in [3.05, 3.63) is 95.6 Å². The van der Waals surface area contributed by atoms with Crippen molar-refractivity contribution in [1.82, 2.24) is 0 Å². The molecule has 3 nitrogen and oxygen atoms in total. The van der Waals surface area contributed by atoms with Crippen LogP contribution in [-0.4, -0.2) is 14.2 Å². The molecule has 0 amide bonds. The van der Waals surface area contributed by atoms with Gasteiger partial charge in [0.2, 0.25) is 0 Å². The lowest BCUT2D eigenvalue weighted by Crippen LogP contribution is -2.25. The second kappa shape index (κ2) is 9.35. The summed E-state index contributed by atoms with van der Waals surface area (Å²) in [5.41, 5.74) is 9.50. The molecule has 0 aromatic heterocycles. The molecule has 0 unspecified atom stereocenters. The van der Waals surface area contributed by atoms with Crippen molar-refractivity contribution >= 4 is 22.7 Å². The number of rotatable bonds is 7. The summed E-state index contributed by atoms with van der Waals surface area (Å²) in [6, 6.07) is 23.2. The smallest absolute Gasteiger partial charge is 0.119 e. The topological polar surface area (TPSA) is 21.7 Å². The number of fused-ring (bicyclic) bond motifs is 1. The van der Waals surface area contributed by atoms with Crippen molar-refractivity contribution < 1.29 is 9.47 Å². The van der Waals surface area contributed by atoms with E-state index < -0.39 is 0 Å². The number of hydrogen-bond donors (Lipinski definition) is 0. The molecule has 4 rings (SSSR count). The van der Waals surface area contributed by atoms with Crippen molar-refractivity contribution in [2.45, 2.75) is 33.1 Å². The van der Waals surface area contributed by atoms with E-state index in [0.717, 1.165) is 47.7 Å². The van der Waals surface area contributed by atoms with E-state index in [1.165, 1.54) is 28.0 Å². The molecule has 0 N–H and O–H groups in total. The van der Waals surface area contributed by atoms with Gasteiger partial charge < -0.3 is 14.4 Å². The fourth-order valence-electron chi connectivity index (χ4n) is 4.35. The first-order valence-electron chi connectivity index (χ1n) is 11.2. The molecule has 32 heavy (non-hydrogen) atoms. The number of aryl methyl sites for hydroxylation is 1. The van der Waals surface area contributed by atoms with Gasteiger partial charge in [0.25, 0.3) is 0 Å². The lowest BCUT2D eigenvalue weighted by atomic mass is 9.85. The number of hydrogen-bond acceptors (Lipinski definition) is 3. The first-order valence-corrected chi connectivity index (χ1v) is 11.2. The normalized spacial score (nSPS) is 13.2. The number of anilines is 1. The van der Waals surface area contributed by atoms with E-state index in [1.54, 1.807) is 14.2 Å². The standard InChI is InChI=1S/C29H31NO2/c1-6-7-8-27-28-19-20(2)9-18-26(28)21(3)30(23-12-16-25(32-5)17-13-23)29(27)22-10-14-24(31-4)15-11-22/h9-19H,3,6-8H2,1-2,4-5H3. The predicted molar refractivity (Wildman–Crippen MR) is 135 cm³/mol. The molecule has 0 atom stereocenters. The fraction of sp³-hybridized carbons (Fsp3) is 0.241. The van der Waals surface area contributed by atoms with Crippen molar-refractivity contribution in [3.63, 3.8) is 0 Å². The van der Waals surface area contributed by atoms with Gasteiger partial charge in [-0.1, -0.05) is 43.7 Å². The molecule has 3 heteroatoms. The molecule has 1 aliphatic rings. The van der Waals surface area contributed by atoms with E-state index in [9.17, 15) is 0 Å². The molecule has 1 heterocycles. The van der Waals surface area contributed by atoms with Crippen LogP contribution in [0, 0.1) is 6.92 Å². The van der Waals surface area contributed by atoms with Crippen LogP contribution in [-0.2, 0) is 0 Å². The second-order valence-corrected chi connectivity index (χ2v) is 8.19. The minimum absolute atomic E-state index is 0.841. The molecule has 0 fully saturated rings. The number of benzene rings is 3. The molecule has 164 valence electrons. The summed E-state index contributed by atoms with van der Waals surface area (Å²) in [4.78, 5) is 2.30. The third kappa shape index (κ3) is 4.03. The molecule has 0 bridgehead atoms. The van der Waals surface area contributed by atoms with Gasteiger partial charge in [-0.05, 0) is 85.0 Å². The van der Waals surface area contributed by atoms with Gasteiger partial charge in [0, 0.05) is 16.9 Å². The molecule has 0 aliphatic carbocycles. The Morgan fingerprint density at radius 2 is 1.44 bits per heavy atom. The summed E-state index contributed by atoms with van der Waals surface area (Å²) in [6.45, 7) is 8.95. The van der Waals surface area contributed by atoms with Gasteiger partial charge in [0.1, 0.15) is 11.5 Å². The first kappa shape index (κ1) is 21.8. The third-order valence-corrected chi connectivity index (χ3v) is 6.06. The van der Waals surface area contributed by atoms with Gasteiger partial charge in [-0.3, -0.25) is 0 Å². The van der Waals surface area contributed by atoms with E-state index in [4.69, 9.17) is 9.47 Å². The van der Waals surface area contributed by atoms with Gasteiger partial charge >= 0.3 is 0 Å². The van der Waals surface area contributed by atoms with Crippen LogP contribution >= 0.6 is 0 Å². The van der Waals surface area contributed by atoms with Gasteiger partial charge in [0.05, 0.1) is 19.9 Å². The fourth-order valence-corrected chi connectivity index (χ4v) is 4.35. The van der Waals surface area contributed by atoms with Crippen LogP contribution in [0.5, 0.6) is 11.5 Å². The van der Waals surface area contributed by atoms with Crippen LogP contribution in [0.15, 0.2) is 73.3 Å². The van der Waals surface area contributed by atoms with Gasteiger partial charge in [0.15, 0.2) is 0 Å². The van der Waals surface area contributed by atoms with Crippen molar-refractivity contribution in [3.8, 4) is 11.5 Å². The Balaban J connectivity index is 1.99. The Hall–Kier alpha value is -3.46. The Bertz CT molecular complexity index is 1140. The van der Waals surface area contributed by atoms with Crippen molar-refractivity contribution in [2.24, 2.45) is 0 Å². The Kier molecular flexibility index (Phi) is 6.36. The zero-order valence-electron chi connectivity index (χ0n) is 19.4. The quantitative estimate of drug-likeness (QED) is 0.390. The van der Waals surface area contributed by atoms with Gasteiger partial charge in [-0.2, -0.15) is 0 Å². The summed E-state index contributed by atoms with van der Waals surface area (Å²) in [6.07, 6.45) is 3.28. The number of nitrogens with zero attached hydrogens (tertiary/aromatic N) is 1. The summed E-state index contributed by atoms with van der Waals surface area (Å²) in [7, 11) is 3.39. The zero-order valence-corrected chi connectivity index (χ0v) is 19.4. The molecule has 0 saturated carbocycles. The van der Waals surface area contributed by atoms with E-state index in [2.05, 4.69) is 67.8 Å². The number of allylic oxidation sites excluding steroid dienone is 1. The molecular formula is C29H31NO2. The highest BCUT2D eigenvalue weighted by Crippen LogP contribution is 2.47. The maximum absolute atomic E-state index is 5.42. The second-order valence-electron chi connectivity index (χ2n) is 8.19. The predicted octanol–water partition coefficient (Wildman–Crippen LogP) is 7.56. The molecular weight excluding hydrogens is 394 g/mol. The van der Waals surface area contributed by atoms with Crippen molar-refractivity contribution in [2.75, 3.05) is 19.1 Å². The third-order valence-electron chi connectivity index (χ3n) is 6.06. The molecule has 0 saturated heterocycles. The Morgan fingerprint density at radius 3 is 2.03 bits per heavy atom. The molecule has 0 radical (unpaired) electrons. The average molecular weight is 426 g/mol. The van der Waals surface area contributed by atoms with Gasteiger partial charge in [-0.15, -0.1) is 0 Å². The molecule has 3 aromatic rings. The summed E-state index contributed by atoms with van der Waals surface area (Å²) >= 11 is 0. The lowest BCUT2D eigenvalue weighted by Gasteiger charge is -2.37. The van der Waals surface area contributed by atoms with Crippen LogP contribution in [0.2, 0.25) is 0 Å². The SMILES string of the molecule is C=C1c2ccc(C)cc2C(CCCC)=C(c2ccc(OC)cc2)N1c1ccc(OC)cc1. The number of unbranched alkanes of at least 4 members (excludes halogenated alkanes) is 1. The van der Waals surface area contributed by atoms with E-state index >= 15 is 0 Å². The zero-order chi connectivity index (χ0) is 22.7. The summed E-state index contributed by atoms with van der Waals surface area (Å²) < 4.78 is 10.8. The minimum atomic E-state index is 0.841. The maximum atomic E-state index is 5.42. The Morgan fingerprint density at radius 1 is 0.812 bits per heavy atom. The van der Waals surface area contributed by atoms with Crippen LogP contribution in [0.1, 0.15) is 48.4 Å². The highest BCUT2D eigenvalue weighted by Gasteiger charge is 2.29. The lowest BCUT2D eigenvalue weighted by molar-refractivity contribution is 0.414. The van der Waals surface area contributed by atoms with E-state index in [0.29, 0.717) is 0 Å². The average Bonchev–Trinajstić information content (AvgIpc) is 2.83. The molecule has 3 aromatic carbocycles. The largest absolute Gasteiger partial charge is 0.497 e. The summed E-state index contributed by atoms with van der Waals surface area (Å²) in [5, 5.41) is 0. The van der Waals surface area contributed by atoms with Crippen LogP contribution in [0.25, 0.3) is 17.0 Å². The van der Waals surface area contributed by atoms with Crippen LogP contribution in [0.4, 0.5) is 5.69 Å². The Labute approximate surface area is 191 Å². The van der Waals surface area contributed by atoms with E-state index in [1.807, 2.05) is 24.3 Å². The highest BCUT2D eigenvalue weighted by molar-refractivity contribution is 6.10. The van der Waals surface area contributed by atoms with E-state index in [-0.39, 0.29) is 0 Å². The first-order chi connectivity index (χ1) is 15.6. The minimum Gasteiger partial charge on any atom is -0.497 e. The number of ether oxygens (including phenoxy) is 2. The summed E-state index contributed by atoms with van der Waals surface area (Å²) in [5.74, 6) is 1.69. The van der Waals surface area contributed by atoms with Gasteiger partial charge in [-0.25, -0.2) is 0 Å². The van der Waals surface area contributed by atoms with Crippen LogP contribution < -0.4 is 14.4 Å². The van der Waals surface area contributed by atoms with Crippen LogP contribution in [0.3, 0.4) is 0 Å². The molecule has 0 spiro atoms. The highest BCUT2D eigenvalue weighted by atomic mass is 16.5. The number of methoxy groups -OCH3 is 2. The van der Waals surface area contributed by atoms with Crippen molar-refractivity contribution in [1.29, 1.82) is 0 Å². The maximum Gasteiger partial charge on any atom is 0.119 e. The monoisotopic (exact) mass is 425 g/mol.